The third kappa shape index (κ3) is 2.58. The molecule has 1 heterocycles. The highest BCUT2D eigenvalue weighted by Crippen LogP contribution is 2.39. The maximum absolute atomic E-state index is 12.5. The zero-order chi connectivity index (χ0) is 16.4. The van der Waals surface area contributed by atoms with Crippen molar-refractivity contribution in [2.45, 2.75) is 6.17 Å². The minimum Gasteiger partial charge on any atom is -0.316 e. The average molecular weight is 321 g/mol. The predicted octanol–water partition coefficient (Wildman–Crippen LogP) is 3.33. The van der Waals surface area contributed by atoms with Crippen LogP contribution in [0.25, 0.3) is 0 Å². The lowest BCUT2D eigenvalue weighted by Crippen LogP contribution is -2.47. The van der Waals surface area contributed by atoms with Crippen LogP contribution >= 0.6 is 12.6 Å². The number of likely N-dealkylation sites (N-methyl/N-ethyl adjacent to an activating group) is 1. The van der Waals surface area contributed by atoms with Gasteiger partial charge in [-0.25, -0.2) is 0 Å². The van der Waals surface area contributed by atoms with Crippen LogP contribution in [0.1, 0.15) is 11.7 Å². The molecule has 1 aliphatic rings. The normalized spacial score (nSPS) is 18.1. The topological polar surface area (TPSA) is 47.3 Å². The Morgan fingerprint density at radius 2 is 1.61 bits per heavy atom. The third-order valence-corrected chi connectivity index (χ3v) is 4.28. The monoisotopic (exact) mass is 321 g/mol. The fourth-order valence-corrected chi connectivity index (χ4v) is 3.11. The molecule has 0 N–H and O–H groups in total. The van der Waals surface area contributed by atoms with Crippen molar-refractivity contribution in [3.05, 3.63) is 76.8 Å². The molecule has 114 valence electrons. The minimum atomic E-state index is -0.351. The first-order valence-electron chi connectivity index (χ1n) is 7.15. The van der Waals surface area contributed by atoms with Gasteiger partial charge in [0.2, 0.25) is 0 Å². The van der Waals surface area contributed by atoms with E-state index in [4.69, 9.17) is 0 Å². The van der Waals surface area contributed by atoms with Crippen LogP contribution in [0.4, 0.5) is 5.69 Å². The molecular weight excluding hydrogens is 306 g/mol. The molecule has 2 aromatic carbocycles. The van der Waals surface area contributed by atoms with Gasteiger partial charge in [0.05, 0.1) is 5.03 Å². The van der Waals surface area contributed by atoms with Crippen LogP contribution in [-0.4, -0.2) is 17.9 Å². The summed E-state index contributed by atoms with van der Waals surface area (Å²) in [7, 11) is 1.70. The number of anilines is 1. The van der Waals surface area contributed by atoms with Crippen molar-refractivity contribution in [2.75, 3.05) is 11.9 Å². The Hall–Kier alpha value is -2.71. The van der Waals surface area contributed by atoms with E-state index in [2.05, 4.69) is 12.6 Å². The third-order valence-electron chi connectivity index (χ3n) is 3.84. The van der Waals surface area contributed by atoms with Crippen molar-refractivity contribution in [1.82, 2.24) is 4.90 Å². The molecule has 1 atom stereocenters. The molecular formula is C18H15N3OS. The van der Waals surface area contributed by atoms with Gasteiger partial charge in [0.15, 0.2) is 0 Å². The highest BCUT2D eigenvalue weighted by molar-refractivity contribution is 7.84. The van der Waals surface area contributed by atoms with Crippen molar-refractivity contribution in [2.24, 2.45) is 0 Å². The summed E-state index contributed by atoms with van der Waals surface area (Å²) in [5, 5.41) is 9.71. The Bertz CT molecular complexity index is 796. The van der Waals surface area contributed by atoms with Crippen LogP contribution in [0.5, 0.6) is 0 Å². The van der Waals surface area contributed by atoms with Gasteiger partial charge in [0.1, 0.15) is 17.8 Å². The molecule has 0 saturated carbocycles. The molecule has 0 bridgehead atoms. The van der Waals surface area contributed by atoms with E-state index in [9.17, 15) is 10.1 Å². The second kappa shape index (κ2) is 6.19. The number of rotatable bonds is 2. The second-order valence-corrected chi connectivity index (χ2v) is 5.64. The van der Waals surface area contributed by atoms with Gasteiger partial charge < -0.3 is 9.80 Å². The molecule has 1 unspecified atom stereocenters. The van der Waals surface area contributed by atoms with Crippen LogP contribution in [0, 0.1) is 11.3 Å². The van der Waals surface area contributed by atoms with Crippen LogP contribution in [0.3, 0.4) is 0 Å². The van der Waals surface area contributed by atoms with Crippen LogP contribution < -0.4 is 4.90 Å². The van der Waals surface area contributed by atoms with Gasteiger partial charge in [-0.2, -0.15) is 5.26 Å². The average Bonchev–Trinajstić information content (AvgIpc) is 2.60. The lowest BCUT2D eigenvalue weighted by atomic mass is 10.1. The van der Waals surface area contributed by atoms with Crippen molar-refractivity contribution in [1.29, 1.82) is 5.26 Å². The van der Waals surface area contributed by atoms with Crippen molar-refractivity contribution < 1.29 is 4.79 Å². The number of carbonyl (C=O) groups is 1. The van der Waals surface area contributed by atoms with E-state index in [0.29, 0.717) is 5.03 Å². The quantitative estimate of drug-likeness (QED) is 0.863. The van der Waals surface area contributed by atoms with E-state index in [-0.39, 0.29) is 17.6 Å². The summed E-state index contributed by atoms with van der Waals surface area (Å²) in [5.41, 5.74) is 1.88. The first-order chi connectivity index (χ1) is 11.1. The number of carbonyl (C=O) groups excluding carboxylic acids is 1. The molecule has 2 aromatic rings. The minimum absolute atomic E-state index is 0.0480. The molecule has 5 heteroatoms. The zero-order valence-corrected chi connectivity index (χ0v) is 13.4. The molecule has 1 amide bonds. The van der Waals surface area contributed by atoms with Gasteiger partial charge in [-0.3, -0.25) is 4.79 Å². The maximum atomic E-state index is 12.5. The standard InChI is InChI=1S/C18H15N3OS/c1-20-16(13-8-4-2-5-9-13)21(14-10-6-3-7-11-14)18(23)15(12-19)17(20)22/h2-11,16,23H,1H3. The van der Waals surface area contributed by atoms with E-state index in [1.807, 2.05) is 71.6 Å². The van der Waals surface area contributed by atoms with Crippen LogP contribution in [-0.2, 0) is 4.79 Å². The Kier molecular flexibility index (Phi) is 4.09. The number of nitriles is 1. The Balaban J connectivity index is 2.22. The molecule has 0 aliphatic carbocycles. The van der Waals surface area contributed by atoms with E-state index in [0.717, 1.165) is 11.3 Å². The van der Waals surface area contributed by atoms with Gasteiger partial charge in [0, 0.05) is 12.7 Å². The van der Waals surface area contributed by atoms with Gasteiger partial charge in [-0.15, -0.1) is 12.6 Å². The van der Waals surface area contributed by atoms with Crippen molar-refractivity contribution >= 4 is 24.2 Å². The van der Waals surface area contributed by atoms with E-state index in [1.165, 1.54) is 0 Å². The molecule has 3 rings (SSSR count). The highest BCUT2D eigenvalue weighted by atomic mass is 32.1. The Morgan fingerprint density at radius 1 is 1.04 bits per heavy atom. The zero-order valence-electron chi connectivity index (χ0n) is 12.5. The van der Waals surface area contributed by atoms with Crippen molar-refractivity contribution in [3.8, 4) is 6.07 Å². The Labute approximate surface area is 140 Å². The van der Waals surface area contributed by atoms with Crippen LogP contribution in [0.2, 0.25) is 0 Å². The SMILES string of the molecule is CN1C(=O)C(C#N)=C(S)N(c2ccccc2)C1c1ccccc1. The summed E-state index contributed by atoms with van der Waals surface area (Å²) < 4.78 is 0. The molecule has 23 heavy (non-hydrogen) atoms. The summed E-state index contributed by atoms with van der Waals surface area (Å²) >= 11 is 4.49. The number of thiol groups is 1. The van der Waals surface area contributed by atoms with Gasteiger partial charge in [-0.1, -0.05) is 48.5 Å². The lowest BCUT2D eigenvalue weighted by Gasteiger charge is -2.43. The fourth-order valence-electron chi connectivity index (χ4n) is 2.74. The second-order valence-electron chi connectivity index (χ2n) is 5.22. The molecule has 0 saturated heterocycles. The molecule has 0 radical (unpaired) electrons. The summed E-state index contributed by atoms with van der Waals surface area (Å²) in [6.45, 7) is 0. The lowest BCUT2D eigenvalue weighted by molar-refractivity contribution is -0.128. The number of hydrogen-bond donors (Lipinski definition) is 1. The largest absolute Gasteiger partial charge is 0.316 e. The van der Waals surface area contributed by atoms with Gasteiger partial charge in [0.25, 0.3) is 5.91 Å². The number of para-hydroxylation sites is 1. The van der Waals surface area contributed by atoms with Crippen LogP contribution in [0.15, 0.2) is 71.3 Å². The van der Waals surface area contributed by atoms with Crippen molar-refractivity contribution in [3.63, 3.8) is 0 Å². The molecule has 0 spiro atoms. The first kappa shape index (κ1) is 15.2. The van der Waals surface area contributed by atoms with E-state index >= 15 is 0 Å². The van der Waals surface area contributed by atoms with Gasteiger partial charge in [-0.05, 0) is 17.7 Å². The Morgan fingerprint density at radius 3 is 2.17 bits per heavy atom. The molecule has 0 aromatic heterocycles. The molecule has 1 aliphatic heterocycles. The summed E-state index contributed by atoms with van der Waals surface area (Å²) in [6, 6.07) is 21.3. The molecule has 4 nitrogen and oxygen atoms in total. The smallest absolute Gasteiger partial charge is 0.268 e. The van der Waals surface area contributed by atoms with E-state index < -0.39 is 0 Å². The van der Waals surface area contributed by atoms with Gasteiger partial charge >= 0.3 is 0 Å². The highest BCUT2D eigenvalue weighted by Gasteiger charge is 2.38. The number of hydrogen-bond acceptors (Lipinski definition) is 4. The first-order valence-corrected chi connectivity index (χ1v) is 7.59. The number of nitrogens with zero attached hydrogens (tertiary/aromatic N) is 3. The summed E-state index contributed by atoms with van der Waals surface area (Å²) in [5.74, 6) is -0.321. The summed E-state index contributed by atoms with van der Waals surface area (Å²) in [4.78, 5) is 16.0. The predicted molar refractivity (Wildman–Crippen MR) is 92.5 cm³/mol. The van der Waals surface area contributed by atoms with E-state index in [1.54, 1.807) is 11.9 Å². The molecule has 0 fully saturated rings. The number of benzene rings is 2. The summed E-state index contributed by atoms with van der Waals surface area (Å²) in [6.07, 6.45) is -0.351. The fraction of sp³-hybridized carbons (Fsp3) is 0.111. The maximum Gasteiger partial charge on any atom is 0.268 e. The number of amides is 1.